The number of rotatable bonds is 0. The van der Waals surface area contributed by atoms with Crippen molar-refractivity contribution in [3.05, 3.63) is 11.6 Å². The van der Waals surface area contributed by atoms with E-state index in [2.05, 4.69) is 6.92 Å². The van der Waals surface area contributed by atoms with Gasteiger partial charge >= 0.3 is 0 Å². The summed E-state index contributed by atoms with van der Waals surface area (Å²) in [5, 5.41) is 0. The van der Waals surface area contributed by atoms with E-state index in [9.17, 15) is 0 Å². The number of allylic oxidation sites excluding steroid dienone is 2. The summed E-state index contributed by atoms with van der Waals surface area (Å²) in [6.45, 7) is -7.31. The van der Waals surface area contributed by atoms with E-state index < -0.39 is 26.0 Å². The monoisotopic (exact) mass is 175 g/mol. The first kappa shape index (κ1) is 3.15. The quantitative estimate of drug-likeness (QED) is 0.485. The zero-order chi connectivity index (χ0) is 16.7. The molecule has 1 saturated carbocycles. The molecule has 1 aliphatic rings. The molecule has 0 heterocycles. The van der Waals surface area contributed by atoms with Crippen LogP contribution in [0.5, 0.6) is 0 Å². The van der Waals surface area contributed by atoms with Crippen LogP contribution in [-0.4, -0.2) is 0 Å². The first-order valence-electron chi connectivity index (χ1n) is 8.93. The fraction of sp³-hybridized carbons (Fsp3) is 0.833. The summed E-state index contributed by atoms with van der Waals surface area (Å²) in [5.41, 5.74) is -2.17. The predicted molar refractivity (Wildman–Crippen MR) is 55.2 cm³/mol. The minimum absolute atomic E-state index is 0.491. The largest absolute Gasteiger partial charge is 0.0799 e. The van der Waals surface area contributed by atoms with Crippen LogP contribution in [0.3, 0.4) is 0 Å². The Balaban J connectivity index is 3.42. The van der Waals surface area contributed by atoms with Gasteiger partial charge in [0.2, 0.25) is 0 Å². The second kappa shape index (κ2) is 3.64. The molecule has 0 amide bonds. The van der Waals surface area contributed by atoms with E-state index in [1.165, 1.54) is 0 Å². The topological polar surface area (TPSA) is 0 Å². The Hall–Kier alpha value is -0.260. The highest BCUT2D eigenvalue weighted by atomic mass is 14.2. The van der Waals surface area contributed by atoms with Crippen LogP contribution in [-0.2, 0) is 0 Å². The lowest BCUT2D eigenvalue weighted by atomic mass is 9.83. The van der Waals surface area contributed by atoms with Gasteiger partial charge in [-0.2, -0.15) is 0 Å². The van der Waals surface area contributed by atoms with E-state index in [0.717, 1.165) is 18.9 Å². The van der Waals surface area contributed by atoms with Crippen molar-refractivity contribution in [2.75, 3.05) is 0 Å². The summed E-state index contributed by atoms with van der Waals surface area (Å²) < 4.78 is 68.2. The van der Waals surface area contributed by atoms with Crippen molar-refractivity contribution in [1.29, 1.82) is 0 Å². The molecule has 1 rings (SSSR count). The molecular weight excluding hydrogens is 144 g/mol. The lowest BCUT2D eigenvalue weighted by Crippen LogP contribution is -2.08. The summed E-state index contributed by atoms with van der Waals surface area (Å²) in [6, 6.07) is 0. The van der Waals surface area contributed by atoms with Gasteiger partial charge in [0, 0.05) is 12.3 Å². The van der Waals surface area contributed by atoms with E-state index in [0.29, 0.717) is 24.3 Å². The lowest BCUT2D eigenvalue weighted by molar-refractivity contribution is 0.433. The Morgan fingerprint density at radius 1 is 1.33 bits per heavy atom. The molecule has 0 unspecified atom stereocenters. The third kappa shape index (κ3) is 3.42. The molecule has 1 fully saturated rings. The van der Waals surface area contributed by atoms with E-state index in [-0.39, 0.29) is 0 Å². The standard InChI is InChI=1S/C12H22/c1-10-5-7-11(8-6-10)9-12(2,3)4/h9-10H,5-8H2,1-4H3/i2D3,3D3,4D3. The average molecular weight is 175 g/mol. The number of hydrogen-bond donors (Lipinski definition) is 0. The molecule has 0 nitrogen and oxygen atoms in total. The van der Waals surface area contributed by atoms with Gasteiger partial charge in [-0.1, -0.05) is 39.1 Å². The molecular formula is C12H22. The summed E-state index contributed by atoms with van der Waals surface area (Å²) in [5.74, 6) is 0.491. The van der Waals surface area contributed by atoms with Gasteiger partial charge in [0.15, 0.2) is 0 Å². The van der Waals surface area contributed by atoms with Crippen molar-refractivity contribution < 1.29 is 12.3 Å². The van der Waals surface area contributed by atoms with E-state index >= 15 is 0 Å². The van der Waals surface area contributed by atoms with Crippen molar-refractivity contribution >= 4 is 0 Å². The molecule has 0 N–H and O–H groups in total. The number of hydrogen-bond acceptors (Lipinski definition) is 0. The van der Waals surface area contributed by atoms with Crippen LogP contribution >= 0.6 is 0 Å². The summed E-state index contributed by atoms with van der Waals surface area (Å²) in [6.07, 6.45) is 3.80. The average Bonchev–Trinajstić information content (AvgIpc) is 2.22. The zero-order valence-corrected chi connectivity index (χ0v) is 7.48. The Morgan fingerprint density at radius 3 is 2.42 bits per heavy atom. The van der Waals surface area contributed by atoms with Crippen molar-refractivity contribution in [3.8, 4) is 0 Å². The molecule has 0 aromatic heterocycles. The summed E-state index contributed by atoms with van der Waals surface area (Å²) >= 11 is 0. The van der Waals surface area contributed by atoms with Gasteiger partial charge in [0.25, 0.3) is 0 Å². The highest BCUT2D eigenvalue weighted by Crippen LogP contribution is 2.30. The smallest absolute Gasteiger partial charge is 0.0239 e. The van der Waals surface area contributed by atoms with Crippen LogP contribution < -0.4 is 0 Å². The van der Waals surface area contributed by atoms with Crippen LogP contribution in [0.25, 0.3) is 0 Å². The predicted octanol–water partition coefficient (Wildman–Crippen LogP) is 4.17. The van der Waals surface area contributed by atoms with Crippen molar-refractivity contribution in [3.63, 3.8) is 0 Å². The summed E-state index contributed by atoms with van der Waals surface area (Å²) in [4.78, 5) is 0. The molecule has 0 bridgehead atoms. The van der Waals surface area contributed by atoms with Gasteiger partial charge in [-0.05, 0) is 37.0 Å². The van der Waals surface area contributed by atoms with E-state index in [4.69, 9.17) is 12.3 Å². The van der Waals surface area contributed by atoms with Gasteiger partial charge in [-0.25, -0.2) is 0 Å². The molecule has 0 aromatic rings. The van der Waals surface area contributed by atoms with Crippen molar-refractivity contribution in [1.82, 2.24) is 0 Å². The Kier molecular flexibility index (Phi) is 0.954. The van der Waals surface area contributed by atoms with Crippen LogP contribution in [0.2, 0.25) is 0 Å². The molecule has 0 aliphatic heterocycles. The maximum atomic E-state index is 7.58. The van der Waals surface area contributed by atoms with Crippen molar-refractivity contribution in [2.45, 2.75) is 53.2 Å². The second-order valence-electron chi connectivity index (χ2n) is 3.79. The Labute approximate surface area is 89.7 Å². The Bertz CT molecular complexity index is 350. The van der Waals surface area contributed by atoms with Gasteiger partial charge in [-0.15, -0.1) is 0 Å². The summed E-state index contributed by atoms with van der Waals surface area (Å²) in [7, 11) is 0. The zero-order valence-electron chi connectivity index (χ0n) is 16.5. The van der Waals surface area contributed by atoms with Crippen LogP contribution in [0.1, 0.15) is 65.5 Å². The molecule has 0 spiro atoms. The fourth-order valence-corrected chi connectivity index (χ4v) is 1.58. The Morgan fingerprint density at radius 2 is 1.92 bits per heavy atom. The third-order valence-corrected chi connectivity index (χ3v) is 2.34. The van der Waals surface area contributed by atoms with Crippen molar-refractivity contribution in [2.24, 2.45) is 11.3 Å². The maximum Gasteiger partial charge on any atom is 0.0239 e. The highest BCUT2D eigenvalue weighted by molar-refractivity contribution is 5.09. The third-order valence-electron chi connectivity index (χ3n) is 2.34. The van der Waals surface area contributed by atoms with Gasteiger partial charge < -0.3 is 0 Å². The van der Waals surface area contributed by atoms with Gasteiger partial charge in [0.1, 0.15) is 0 Å². The molecule has 0 heteroatoms. The van der Waals surface area contributed by atoms with Crippen LogP contribution in [0, 0.1) is 11.3 Å². The fourth-order valence-electron chi connectivity index (χ4n) is 1.58. The highest BCUT2D eigenvalue weighted by Gasteiger charge is 2.14. The molecule has 1 aliphatic carbocycles. The van der Waals surface area contributed by atoms with Crippen LogP contribution in [0.4, 0.5) is 0 Å². The van der Waals surface area contributed by atoms with Crippen LogP contribution in [0.15, 0.2) is 11.6 Å². The van der Waals surface area contributed by atoms with E-state index in [1.807, 2.05) is 0 Å². The minimum atomic E-state index is -3.13. The molecule has 0 aromatic carbocycles. The molecule has 0 radical (unpaired) electrons. The van der Waals surface area contributed by atoms with Gasteiger partial charge in [-0.3, -0.25) is 0 Å². The SMILES string of the molecule is [2H]C([2H])([2H])C(C=C1CCC(C)CC1)(C([2H])([2H])[2H])C([2H])([2H])[2H]. The normalized spacial score (nSPS) is 39.9. The first-order chi connectivity index (χ1) is 9.22. The first-order valence-corrected chi connectivity index (χ1v) is 4.43. The van der Waals surface area contributed by atoms with E-state index in [1.54, 1.807) is 0 Å². The molecule has 0 atom stereocenters. The van der Waals surface area contributed by atoms with Gasteiger partial charge in [0.05, 0.1) is 0 Å². The molecule has 0 saturated heterocycles. The lowest BCUT2D eigenvalue weighted by Gasteiger charge is -2.23. The second-order valence-corrected chi connectivity index (χ2v) is 3.79. The molecule has 12 heavy (non-hydrogen) atoms. The molecule has 70 valence electrons. The maximum absolute atomic E-state index is 7.58. The minimum Gasteiger partial charge on any atom is -0.0799 e.